The number of para-hydroxylation sites is 2. The van der Waals surface area contributed by atoms with Gasteiger partial charge in [0.2, 0.25) is 5.91 Å². The summed E-state index contributed by atoms with van der Waals surface area (Å²) in [6.45, 7) is 2.82. The van der Waals surface area contributed by atoms with Gasteiger partial charge in [0, 0.05) is 37.3 Å². The minimum atomic E-state index is 0.0224. The Labute approximate surface area is 162 Å². The van der Waals surface area contributed by atoms with Gasteiger partial charge in [-0.1, -0.05) is 35.9 Å². The van der Waals surface area contributed by atoms with Crippen molar-refractivity contribution in [2.24, 2.45) is 0 Å². The van der Waals surface area contributed by atoms with Crippen molar-refractivity contribution in [3.05, 3.63) is 71.4 Å². The van der Waals surface area contributed by atoms with Crippen molar-refractivity contribution in [2.45, 2.75) is 0 Å². The van der Waals surface area contributed by atoms with E-state index < -0.39 is 0 Å². The van der Waals surface area contributed by atoms with E-state index in [1.165, 1.54) is 0 Å². The summed E-state index contributed by atoms with van der Waals surface area (Å²) in [4.78, 5) is 25.6. The van der Waals surface area contributed by atoms with Gasteiger partial charge in [0.15, 0.2) is 0 Å². The number of hydrogen-bond acceptors (Lipinski definition) is 4. The molecule has 0 aliphatic carbocycles. The molecule has 1 amide bonds. The van der Waals surface area contributed by atoms with E-state index in [0.717, 1.165) is 35.5 Å². The van der Waals surface area contributed by atoms with Gasteiger partial charge in [-0.15, -0.1) is 0 Å². The summed E-state index contributed by atoms with van der Waals surface area (Å²) < 4.78 is 0. The standard InChI is InChI=1S/C21H19ClN4O/c22-17-8-5-16(6-9-17)7-10-21(27)26-13-11-25(12-14-26)20-15-23-18-3-1-2-4-19(18)24-20/h1-10,15H,11-14H2/b10-7+. The number of fused-ring (bicyclic) bond motifs is 1. The van der Waals surface area contributed by atoms with E-state index in [2.05, 4.69) is 14.9 Å². The fraction of sp³-hybridized carbons (Fsp3) is 0.190. The number of benzene rings is 2. The van der Waals surface area contributed by atoms with Crippen molar-refractivity contribution < 1.29 is 4.79 Å². The van der Waals surface area contributed by atoms with Crippen LogP contribution in [0.25, 0.3) is 17.1 Å². The molecule has 1 aliphatic heterocycles. The Bertz CT molecular complexity index is 979. The van der Waals surface area contributed by atoms with Crippen molar-refractivity contribution in [3.8, 4) is 0 Å². The minimum Gasteiger partial charge on any atom is -0.352 e. The molecule has 0 unspecified atom stereocenters. The monoisotopic (exact) mass is 378 g/mol. The quantitative estimate of drug-likeness (QED) is 0.653. The molecule has 4 rings (SSSR count). The molecule has 0 saturated carbocycles. The van der Waals surface area contributed by atoms with Crippen molar-refractivity contribution in [1.82, 2.24) is 14.9 Å². The molecule has 1 aliphatic rings. The third-order valence-corrected chi connectivity index (χ3v) is 4.89. The first-order valence-corrected chi connectivity index (χ1v) is 9.26. The Hall–Kier alpha value is -2.92. The summed E-state index contributed by atoms with van der Waals surface area (Å²) >= 11 is 5.88. The first-order chi connectivity index (χ1) is 13.2. The summed E-state index contributed by atoms with van der Waals surface area (Å²) in [7, 11) is 0. The minimum absolute atomic E-state index is 0.0224. The zero-order valence-electron chi connectivity index (χ0n) is 14.8. The molecule has 2 heterocycles. The second-order valence-corrected chi connectivity index (χ2v) is 6.85. The smallest absolute Gasteiger partial charge is 0.246 e. The van der Waals surface area contributed by atoms with Gasteiger partial charge in [-0.05, 0) is 35.9 Å². The molecule has 136 valence electrons. The third-order valence-electron chi connectivity index (χ3n) is 4.64. The molecule has 2 aromatic carbocycles. The largest absolute Gasteiger partial charge is 0.352 e. The lowest BCUT2D eigenvalue weighted by atomic mass is 10.2. The number of piperazine rings is 1. The van der Waals surface area contributed by atoms with Crippen LogP contribution in [-0.4, -0.2) is 47.0 Å². The van der Waals surface area contributed by atoms with Gasteiger partial charge in [-0.25, -0.2) is 4.98 Å². The van der Waals surface area contributed by atoms with Gasteiger partial charge in [-0.3, -0.25) is 9.78 Å². The Balaban J connectivity index is 1.37. The van der Waals surface area contributed by atoms with Gasteiger partial charge >= 0.3 is 0 Å². The van der Waals surface area contributed by atoms with E-state index in [4.69, 9.17) is 11.6 Å². The lowest BCUT2D eigenvalue weighted by Crippen LogP contribution is -2.48. The molecule has 1 saturated heterocycles. The second-order valence-electron chi connectivity index (χ2n) is 6.41. The first-order valence-electron chi connectivity index (χ1n) is 8.88. The number of hydrogen-bond donors (Lipinski definition) is 0. The molecule has 0 spiro atoms. The van der Waals surface area contributed by atoms with Crippen molar-refractivity contribution in [2.75, 3.05) is 31.1 Å². The number of aromatic nitrogens is 2. The molecule has 0 bridgehead atoms. The molecule has 1 aromatic heterocycles. The maximum Gasteiger partial charge on any atom is 0.246 e. The number of nitrogens with zero attached hydrogens (tertiary/aromatic N) is 4. The molecule has 1 fully saturated rings. The van der Waals surface area contributed by atoms with Crippen LogP contribution in [0.3, 0.4) is 0 Å². The van der Waals surface area contributed by atoms with Crippen LogP contribution in [-0.2, 0) is 4.79 Å². The molecule has 5 nitrogen and oxygen atoms in total. The third kappa shape index (κ3) is 4.09. The zero-order valence-corrected chi connectivity index (χ0v) is 15.5. The van der Waals surface area contributed by atoms with Gasteiger partial charge in [0.25, 0.3) is 0 Å². The van der Waals surface area contributed by atoms with Crippen LogP contribution >= 0.6 is 11.6 Å². The Morgan fingerprint density at radius 1 is 0.963 bits per heavy atom. The highest BCUT2D eigenvalue weighted by molar-refractivity contribution is 6.30. The predicted molar refractivity (Wildman–Crippen MR) is 109 cm³/mol. The Morgan fingerprint density at radius 2 is 1.67 bits per heavy atom. The van der Waals surface area contributed by atoms with Gasteiger partial charge in [-0.2, -0.15) is 0 Å². The molecule has 3 aromatic rings. The average Bonchev–Trinajstić information content (AvgIpc) is 2.73. The fourth-order valence-electron chi connectivity index (χ4n) is 3.10. The van der Waals surface area contributed by atoms with Crippen molar-refractivity contribution >= 4 is 40.4 Å². The predicted octanol–water partition coefficient (Wildman–Crippen LogP) is 3.65. The zero-order chi connectivity index (χ0) is 18.6. The molecular weight excluding hydrogens is 360 g/mol. The van der Waals surface area contributed by atoms with Crippen LogP contribution in [0.5, 0.6) is 0 Å². The summed E-state index contributed by atoms with van der Waals surface area (Å²) in [5.41, 5.74) is 2.74. The first kappa shape index (κ1) is 17.5. The van der Waals surface area contributed by atoms with E-state index in [1.54, 1.807) is 12.3 Å². The molecule has 6 heteroatoms. The van der Waals surface area contributed by atoms with E-state index in [9.17, 15) is 4.79 Å². The van der Waals surface area contributed by atoms with Crippen LogP contribution in [0.15, 0.2) is 60.8 Å². The van der Waals surface area contributed by atoms with E-state index in [0.29, 0.717) is 18.1 Å². The summed E-state index contributed by atoms with van der Waals surface area (Å²) in [5, 5.41) is 0.686. The number of halogens is 1. The van der Waals surface area contributed by atoms with Crippen LogP contribution in [0.1, 0.15) is 5.56 Å². The highest BCUT2D eigenvalue weighted by Gasteiger charge is 2.20. The molecule has 27 heavy (non-hydrogen) atoms. The number of rotatable bonds is 3. The normalized spacial score (nSPS) is 14.9. The fourth-order valence-corrected chi connectivity index (χ4v) is 3.23. The number of carbonyl (C=O) groups is 1. The molecule has 0 radical (unpaired) electrons. The second kappa shape index (κ2) is 7.76. The SMILES string of the molecule is O=C(/C=C/c1ccc(Cl)cc1)N1CCN(c2cnc3ccccc3n2)CC1. The maximum absolute atomic E-state index is 12.4. The maximum atomic E-state index is 12.4. The highest BCUT2D eigenvalue weighted by Crippen LogP contribution is 2.17. The summed E-state index contributed by atoms with van der Waals surface area (Å²) in [6, 6.07) is 15.3. The van der Waals surface area contributed by atoms with Crippen LogP contribution in [0, 0.1) is 0 Å². The topological polar surface area (TPSA) is 49.3 Å². The van der Waals surface area contributed by atoms with E-state index in [-0.39, 0.29) is 5.91 Å². The average molecular weight is 379 g/mol. The van der Waals surface area contributed by atoms with Gasteiger partial charge < -0.3 is 9.80 Å². The van der Waals surface area contributed by atoms with Crippen molar-refractivity contribution in [3.63, 3.8) is 0 Å². The van der Waals surface area contributed by atoms with Gasteiger partial charge in [0.05, 0.1) is 17.2 Å². The number of carbonyl (C=O) groups excluding carboxylic acids is 1. The lowest BCUT2D eigenvalue weighted by Gasteiger charge is -2.34. The number of anilines is 1. The van der Waals surface area contributed by atoms with Crippen LogP contribution < -0.4 is 4.90 Å². The van der Waals surface area contributed by atoms with Crippen LogP contribution in [0.4, 0.5) is 5.82 Å². The van der Waals surface area contributed by atoms with Crippen molar-refractivity contribution in [1.29, 1.82) is 0 Å². The van der Waals surface area contributed by atoms with E-state index in [1.807, 2.05) is 59.5 Å². The van der Waals surface area contributed by atoms with Crippen LogP contribution in [0.2, 0.25) is 5.02 Å². The molecule has 0 N–H and O–H groups in total. The Morgan fingerprint density at radius 3 is 2.41 bits per heavy atom. The summed E-state index contributed by atoms with van der Waals surface area (Å²) in [6.07, 6.45) is 5.24. The van der Waals surface area contributed by atoms with E-state index >= 15 is 0 Å². The van der Waals surface area contributed by atoms with Gasteiger partial charge in [0.1, 0.15) is 5.82 Å². The highest BCUT2D eigenvalue weighted by atomic mass is 35.5. The molecule has 0 atom stereocenters. The number of amides is 1. The molecular formula is C21H19ClN4O. The lowest BCUT2D eigenvalue weighted by molar-refractivity contribution is -0.126. The Kier molecular flexibility index (Phi) is 5.03. The summed E-state index contributed by atoms with van der Waals surface area (Å²) in [5.74, 6) is 0.881.